The van der Waals surface area contributed by atoms with E-state index in [9.17, 15) is 4.79 Å². The molecule has 34 heavy (non-hydrogen) atoms. The molecule has 11 heteroatoms. The van der Waals surface area contributed by atoms with E-state index >= 15 is 0 Å². The molecule has 0 aliphatic carbocycles. The highest BCUT2D eigenvalue weighted by molar-refractivity contribution is 5.95. The molecular weight excluding hydrogens is 436 g/mol. The molecule has 0 radical (unpaired) electrons. The SMILES string of the molecule is Cc1cc(N)c2c(c1N)OC(c1cc(N)c(N)c(N)c1)C(OC(=O)c1cc(N)c(N)c(N)c1)C2. The van der Waals surface area contributed by atoms with Crippen molar-refractivity contribution in [3.63, 3.8) is 0 Å². The number of hydrogen-bond acceptors (Lipinski definition) is 11. The summed E-state index contributed by atoms with van der Waals surface area (Å²) in [7, 11) is 0. The Hall–Kier alpha value is -4.67. The second-order valence-electron chi connectivity index (χ2n) is 8.37. The molecule has 0 spiro atoms. The monoisotopic (exact) mass is 464 g/mol. The fourth-order valence-electron chi connectivity index (χ4n) is 4.02. The highest BCUT2D eigenvalue weighted by Crippen LogP contribution is 2.45. The van der Waals surface area contributed by atoms with Crippen LogP contribution < -0.4 is 50.6 Å². The van der Waals surface area contributed by atoms with Crippen molar-refractivity contribution in [1.29, 1.82) is 0 Å². The van der Waals surface area contributed by atoms with Crippen LogP contribution in [-0.2, 0) is 11.2 Å². The molecule has 3 aromatic rings. The molecule has 0 fully saturated rings. The summed E-state index contributed by atoms with van der Waals surface area (Å²) in [6, 6.07) is 7.79. The summed E-state index contributed by atoms with van der Waals surface area (Å²) < 4.78 is 12.1. The number of nitrogens with two attached hydrogens (primary N) is 8. The third-order valence-corrected chi connectivity index (χ3v) is 5.98. The van der Waals surface area contributed by atoms with Crippen LogP contribution in [0.4, 0.5) is 45.5 Å². The Morgan fingerprint density at radius 2 is 1.32 bits per heavy atom. The van der Waals surface area contributed by atoms with Gasteiger partial charge in [0, 0.05) is 23.2 Å². The number of nitrogen functional groups attached to an aromatic ring is 8. The lowest BCUT2D eigenvalue weighted by atomic mass is 9.91. The Bertz CT molecular complexity index is 1280. The van der Waals surface area contributed by atoms with Gasteiger partial charge in [0.15, 0.2) is 6.10 Å². The Kier molecular flexibility index (Phi) is 5.32. The first-order chi connectivity index (χ1) is 16.0. The number of aryl methyl sites for hydroxylation is 1. The molecule has 1 aliphatic heterocycles. The van der Waals surface area contributed by atoms with Crippen LogP contribution in [0, 0.1) is 6.92 Å². The van der Waals surface area contributed by atoms with Crippen LogP contribution in [0.15, 0.2) is 30.3 Å². The van der Waals surface area contributed by atoms with Gasteiger partial charge in [-0.05, 0) is 42.8 Å². The topological polar surface area (TPSA) is 244 Å². The second-order valence-corrected chi connectivity index (χ2v) is 8.37. The van der Waals surface area contributed by atoms with Gasteiger partial charge in [0.05, 0.1) is 45.4 Å². The molecule has 1 aliphatic rings. The molecule has 0 aromatic heterocycles. The van der Waals surface area contributed by atoms with E-state index in [2.05, 4.69) is 0 Å². The Morgan fingerprint density at radius 3 is 1.88 bits per heavy atom. The molecule has 4 rings (SSSR count). The van der Waals surface area contributed by atoms with Crippen LogP contribution in [0.1, 0.15) is 33.2 Å². The van der Waals surface area contributed by atoms with Gasteiger partial charge in [-0.3, -0.25) is 0 Å². The number of ether oxygens (including phenoxy) is 2. The normalized spacial score (nSPS) is 17.0. The van der Waals surface area contributed by atoms with E-state index < -0.39 is 18.2 Å². The van der Waals surface area contributed by atoms with E-state index in [1.807, 2.05) is 6.92 Å². The first-order valence-electron chi connectivity index (χ1n) is 10.4. The van der Waals surface area contributed by atoms with Crippen LogP contribution >= 0.6 is 0 Å². The molecule has 16 N–H and O–H groups in total. The summed E-state index contributed by atoms with van der Waals surface area (Å²) in [4.78, 5) is 13.1. The van der Waals surface area contributed by atoms with Gasteiger partial charge in [0.2, 0.25) is 0 Å². The summed E-state index contributed by atoms with van der Waals surface area (Å²) in [5, 5.41) is 0. The van der Waals surface area contributed by atoms with Crippen molar-refractivity contribution < 1.29 is 14.3 Å². The van der Waals surface area contributed by atoms with Crippen LogP contribution in [0.5, 0.6) is 5.75 Å². The maximum absolute atomic E-state index is 13.1. The smallest absolute Gasteiger partial charge is 0.338 e. The van der Waals surface area contributed by atoms with Crippen LogP contribution in [0.2, 0.25) is 0 Å². The van der Waals surface area contributed by atoms with E-state index in [-0.39, 0.29) is 46.1 Å². The third-order valence-electron chi connectivity index (χ3n) is 5.98. The minimum atomic E-state index is -0.813. The van der Waals surface area contributed by atoms with Gasteiger partial charge in [-0.1, -0.05) is 0 Å². The number of hydrogen-bond donors (Lipinski definition) is 8. The molecule has 2 unspecified atom stereocenters. The summed E-state index contributed by atoms with van der Waals surface area (Å²) in [5.74, 6) is -0.250. The van der Waals surface area contributed by atoms with Gasteiger partial charge in [0.25, 0.3) is 0 Å². The molecule has 0 saturated heterocycles. The van der Waals surface area contributed by atoms with Crippen molar-refractivity contribution in [2.75, 3.05) is 45.9 Å². The van der Waals surface area contributed by atoms with Crippen molar-refractivity contribution in [3.05, 3.63) is 52.6 Å². The fourth-order valence-corrected chi connectivity index (χ4v) is 4.02. The molecule has 0 saturated carbocycles. The molecule has 2 atom stereocenters. The number of carbonyl (C=O) groups excluding carboxylic acids is 1. The van der Waals surface area contributed by atoms with E-state index in [1.165, 1.54) is 12.1 Å². The Balaban J connectivity index is 1.78. The van der Waals surface area contributed by atoms with Crippen molar-refractivity contribution in [2.24, 2.45) is 0 Å². The van der Waals surface area contributed by atoms with Crippen LogP contribution in [0.3, 0.4) is 0 Å². The zero-order valence-electron chi connectivity index (χ0n) is 18.6. The number of esters is 1. The van der Waals surface area contributed by atoms with Crippen molar-refractivity contribution in [2.45, 2.75) is 25.6 Å². The molecular formula is C23H28N8O3. The zero-order valence-corrected chi connectivity index (χ0v) is 18.6. The zero-order chi connectivity index (χ0) is 24.9. The van der Waals surface area contributed by atoms with Gasteiger partial charge in [-0.2, -0.15) is 0 Å². The number of anilines is 8. The van der Waals surface area contributed by atoms with Gasteiger partial charge >= 0.3 is 5.97 Å². The molecule has 0 bridgehead atoms. The molecule has 178 valence electrons. The van der Waals surface area contributed by atoms with Gasteiger partial charge in [-0.25, -0.2) is 4.79 Å². The minimum absolute atomic E-state index is 0.140. The lowest BCUT2D eigenvalue weighted by Gasteiger charge is -2.35. The predicted molar refractivity (Wildman–Crippen MR) is 136 cm³/mol. The largest absolute Gasteiger partial charge is 0.479 e. The number of fused-ring (bicyclic) bond motifs is 1. The first kappa shape index (κ1) is 22.5. The summed E-state index contributed by atoms with van der Waals surface area (Å²) in [5.41, 5.74) is 52.3. The number of rotatable bonds is 3. The average molecular weight is 465 g/mol. The average Bonchev–Trinajstić information content (AvgIpc) is 2.78. The summed E-state index contributed by atoms with van der Waals surface area (Å²) >= 11 is 0. The van der Waals surface area contributed by atoms with Crippen molar-refractivity contribution in [3.8, 4) is 5.75 Å². The van der Waals surface area contributed by atoms with Crippen molar-refractivity contribution in [1.82, 2.24) is 0 Å². The lowest BCUT2D eigenvalue weighted by molar-refractivity contribution is -0.0177. The van der Waals surface area contributed by atoms with Crippen LogP contribution in [0.25, 0.3) is 0 Å². The van der Waals surface area contributed by atoms with Gasteiger partial charge in [0.1, 0.15) is 11.9 Å². The number of benzene rings is 3. The number of carbonyl (C=O) groups is 1. The summed E-state index contributed by atoms with van der Waals surface area (Å²) in [6.45, 7) is 1.82. The van der Waals surface area contributed by atoms with E-state index in [0.29, 0.717) is 28.3 Å². The fraction of sp³-hybridized carbons (Fsp3) is 0.174. The summed E-state index contributed by atoms with van der Waals surface area (Å²) in [6.07, 6.45) is -1.38. The minimum Gasteiger partial charge on any atom is -0.479 e. The first-order valence-corrected chi connectivity index (χ1v) is 10.4. The van der Waals surface area contributed by atoms with Gasteiger partial charge < -0.3 is 55.3 Å². The maximum atomic E-state index is 13.1. The lowest BCUT2D eigenvalue weighted by Crippen LogP contribution is -2.35. The molecule has 11 nitrogen and oxygen atoms in total. The Labute approximate surface area is 195 Å². The van der Waals surface area contributed by atoms with E-state index in [1.54, 1.807) is 18.2 Å². The molecule has 1 heterocycles. The third kappa shape index (κ3) is 3.72. The highest BCUT2D eigenvalue weighted by atomic mass is 16.6. The molecule has 3 aromatic carbocycles. The Morgan fingerprint density at radius 1 is 0.794 bits per heavy atom. The highest BCUT2D eigenvalue weighted by Gasteiger charge is 2.37. The maximum Gasteiger partial charge on any atom is 0.338 e. The van der Waals surface area contributed by atoms with Crippen LogP contribution in [-0.4, -0.2) is 12.1 Å². The quantitative estimate of drug-likeness (QED) is 0.204. The second kappa shape index (κ2) is 8.03. The van der Waals surface area contributed by atoms with E-state index in [0.717, 1.165) is 5.56 Å². The molecule has 0 amide bonds. The standard InChI is InChI=1S/C23H28N8O3/c1-8-2-12(24)11-7-17(33-23(32)10-5-15(27)20(31)16(28)6-10)21(34-22(11)18(8)29)9-3-13(25)19(30)14(26)4-9/h2-6,17,21H,7,24-31H2,1H3. The predicted octanol–water partition coefficient (Wildman–Crippen LogP) is 1.55. The van der Waals surface area contributed by atoms with Crippen molar-refractivity contribution >= 4 is 51.5 Å². The van der Waals surface area contributed by atoms with Gasteiger partial charge in [-0.15, -0.1) is 0 Å². The van der Waals surface area contributed by atoms with E-state index in [4.69, 9.17) is 55.3 Å².